The molecule has 7 nitrogen and oxygen atoms in total. The van der Waals surface area contributed by atoms with Crippen LogP contribution >= 0.6 is 0 Å². The SMILES string of the molecule is CCN(CCCNC(=O)CCCn1c2ccccc2c2cnn(C)c(=O)c21)c1cccc(C)c1. The number of benzene rings is 2. The average Bonchev–Trinajstić information content (AvgIpc) is 3.16. The van der Waals surface area contributed by atoms with E-state index in [2.05, 4.69) is 53.4 Å². The highest BCUT2D eigenvalue weighted by Gasteiger charge is 2.15. The van der Waals surface area contributed by atoms with Crippen LogP contribution in [0.25, 0.3) is 21.8 Å². The van der Waals surface area contributed by atoms with E-state index in [1.807, 2.05) is 28.8 Å². The number of rotatable bonds is 10. The standard InChI is InChI=1S/C27H33N5O2/c1-4-31(21-11-7-10-20(2)18-21)16-9-15-28-25(33)14-8-17-32-24-13-6-5-12-22(24)23-19-29-30(3)27(34)26(23)32/h5-7,10-13,18-19H,4,8-9,14-17H2,1-3H3,(H,28,33). The first-order chi connectivity index (χ1) is 16.5. The van der Waals surface area contributed by atoms with Crippen molar-refractivity contribution in [3.8, 4) is 0 Å². The number of para-hydroxylation sites is 1. The van der Waals surface area contributed by atoms with Crippen LogP contribution in [0.3, 0.4) is 0 Å². The third-order valence-electron chi connectivity index (χ3n) is 6.33. The molecule has 1 N–H and O–H groups in total. The molecule has 0 fully saturated rings. The second-order valence-corrected chi connectivity index (χ2v) is 8.73. The van der Waals surface area contributed by atoms with Crippen LogP contribution < -0.4 is 15.8 Å². The van der Waals surface area contributed by atoms with E-state index in [0.717, 1.165) is 35.8 Å². The van der Waals surface area contributed by atoms with Crippen molar-refractivity contribution in [1.29, 1.82) is 0 Å². The van der Waals surface area contributed by atoms with Crippen LogP contribution in [0.1, 0.15) is 31.7 Å². The number of aromatic nitrogens is 3. The van der Waals surface area contributed by atoms with Gasteiger partial charge in [0.15, 0.2) is 0 Å². The van der Waals surface area contributed by atoms with Gasteiger partial charge in [-0.2, -0.15) is 5.10 Å². The first kappa shape index (κ1) is 23.5. The molecule has 4 rings (SSSR count). The molecular weight excluding hydrogens is 426 g/mol. The molecule has 4 aromatic rings. The van der Waals surface area contributed by atoms with Crippen molar-refractivity contribution in [1.82, 2.24) is 19.7 Å². The lowest BCUT2D eigenvalue weighted by atomic mass is 10.2. The Hall–Kier alpha value is -3.61. The number of nitrogens with zero attached hydrogens (tertiary/aromatic N) is 4. The van der Waals surface area contributed by atoms with Gasteiger partial charge in [-0.05, 0) is 50.5 Å². The molecule has 178 valence electrons. The summed E-state index contributed by atoms with van der Waals surface area (Å²) in [5.41, 5.74) is 4.00. The minimum Gasteiger partial charge on any atom is -0.372 e. The molecule has 0 spiro atoms. The maximum Gasteiger partial charge on any atom is 0.291 e. The van der Waals surface area contributed by atoms with Crippen molar-refractivity contribution in [2.45, 2.75) is 39.7 Å². The van der Waals surface area contributed by atoms with Gasteiger partial charge in [0, 0.05) is 61.6 Å². The summed E-state index contributed by atoms with van der Waals surface area (Å²) < 4.78 is 3.39. The van der Waals surface area contributed by atoms with Gasteiger partial charge >= 0.3 is 0 Å². The molecule has 0 aliphatic heterocycles. The zero-order valence-electron chi connectivity index (χ0n) is 20.3. The van der Waals surface area contributed by atoms with Crippen molar-refractivity contribution in [3.05, 3.63) is 70.6 Å². The molecule has 2 aromatic carbocycles. The second kappa shape index (κ2) is 10.5. The van der Waals surface area contributed by atoms with Crippen LogP contribution in [0.4, 0.5) is 5.69 Å². The lowest BCUT2D eigenvalue weighted by Crippen LogP contribution is -2.30. The Bertz CT molecular complexity index is 1350. The van der Waals surface area contributed by atoms with Crippen molar-refractivity contribution in [2.75, 3.05) is 24.5 Å². The minimum absolute atomic E-state index is 0.0499. The van der Waals surface area contributed by atoms with Crippen LogP contribution in [0.2, 0.25) is 0 Å². The van der Waals surface area contributed by atoms with Gasteiger partial charge < -0.3 is 14.8 Å². The van der Waals surface area contributed by atoms with Gasteiger partial charge in [-0.15, -0.1) is 0 Å². The van der Waals surface area contributed by atoms with Crippen molar-refractivity contribution in [2.24, 2.45) is 7.05 Å². The molecule has 1 amide bonds. The fraction of sp³-hybridized carbons (Fsp3) is 0.370. The Morgan fingerprint density at radius 2 is 1.91 bits per heavy atom. The normalized spacial score (nSPS) is 11.3. The molecule has 0 saturated heterocycles. The van der Waals surface area contributed by atoms with Crippen LogP contribution in [-0.2, 0) is 18.4 Å². The summed E-state index contributed by atoms with van der Waals surface area (Å²) in [5, 5.41) is 9.11. The van der Waals surface area contributed by atoms with Gasteiger partial charge in [-0.3, -0.25) is 9.59 Å². The Morgan fingerprint density at radius 1 is 1.09 bits per heavy atom. The number of hydrogen-bond acceptors (Lipinski definition) is 4. The number of anilines is 1. The molecule has 0 unspecified atom stereocenters. The molecule has 0 saturated carbocycles. The molecule has 0 atom stereocenters. The van der Waals surface area contributed by atoms with E-state index in [4.69, 9.17) is 0 Å². The zero-order valence-corrected chi connectivity index (χ0v) is 20.3. The second-order valence-electron chi connectivity index (χ2n) is 8.73. The summed E-state index contributed by atoms with van der Waals surface area (Å²) in [4.78, 5) is 27.6. The maximum atomic E-state index is 12.8. The first-order valence-corrected chi connectivity index (χ1v) is 12.0. The van der Waals surface area contributed by atoms with E-state index < -0.39 is 0 Å². The quantitative estimate of drug-likeness (QED) is 0.364. The van der Waals surface area contributed by atoms with Crippen molar-refractivity contribution in [3.63, 3.8) is 0 Å². The van der Waals surface area contributed by atoms with Gasteiger partial charge in [-0.1, -0.05) is 30.3 Å². The van der Waals surface area contributed by atoms with Gasteiger partial charge in [0.2, 0.25) is 5.91 Å². The summed E-state index contributed by atoms with van der Waals surface area (Å²) in [6.07, 6.45) is 3.73. The number of amides is 1. The summed E-state index contributed by atoms with van der Waals surface area (Å²) in [7, 11) is 1.66. The first-order valence-electron chi connectivity index (χ1n) is 12.0. The Balaban J connectivity index is 1.31. The smallest absolute Gasteiger partial charge is 0.291 e. The largest absolute Gasteiger partial charge is 0.372 e. The molecular formula is C27H33N5O2. The average molecular weight is 460 g/mol. The molecule has 0 aliphatic rings. The maximum absolute atomic E-state index is 12.8. The third-order valence-corrected chi connectivity index (χ3v) is 6.33. The minimum atomic E-state index is -0.118. The Morgan fingerprint density at radius 3 is 2.71 bits per heavy atom. The summed E-state index contributed by atoms with van der Waals surface area (Å²) in [6.45, 7) is 7.35. The van der Waals surface area contributed by atoms with Gasteiger partial charge in [0.25, 0.3) is 5.56 Å². The van der Waals surface area contributed by atoms with E-state index in [1.54, 1.807) is 13.2 Å². The van der Waals surface area contributed by atoms with E-state index in [9.17, 15) is 9.59 Å². The van der Waals surface area contributed by atoms with Crippen molar-refractivity contribution >= 4 is 33.4 Å². The number of carbonyl (C=O) groups is 1. The number of nitrogens with one attached hydrogen (secondary N) is 1. The molecule has 0 radical (unpaired) electrons. The molecule has 34 heavy (non-hydrogen) atoms. The summed E-state index contributed by atoms with van der Waals surface area (Å²) >= 11 is 0. The number of carbonyl (C=O) groups excluding carboxylic acids is 1. The lowest BCUT2D eigenvalue weighted by molar-refractivity contribution is -0.121. The van der Waals surface area contributed by atoms with Gasteiger partial charge in [-0.25, -0.2) is 4.68 Å². The molecule has 0 aliphatic carbocycles. The zero-order chi connectivity index (χ0) is 24.1. The topological polar surface area (TPSA) is 72.2 Å². The fourth-order valence-corrected chi connectivity index (χ4v) is 4.55. The van der Waals surface area contributed by atoms with Crippen LogP contribution in [0, 0.1) is 6.92 Å². The van der Waals surface area contributed by atoms with E-state index in [-0.39, 0.29) is 11.5 Å². The Labute approximate surface area is 200 Å². The predicted octanol–water partition coefficient (Wildman–Crippen LogP) is 4.01. The van der Waals surface area contributed by atoms with Crippen molar-refractivity contribution < 1.29 is 4.79 Å². The highest BCUT2D eigenvalue weighted by atomic mass is 16.1. The molecule has 2 aromatic heterocycles. The van der Waals surface area contributed by atoms with E-state index >= 15 is 0 Å². The third kappa shape index (κ3) is 4.98. The summed E-state index contributed by atoms with van der Waals surface area (Å²) in [6, 6.07) is 16.5. The molecule has 2 heterocycles. The van der Waals surface area contributed by atoms with Gasteiger partial charge in [0.1, 0.15) is 5.52 Å². The Kier molecular flexibility index (Phi) is 7.30. The lowest BCUT2D eigenvalue weighted by Gasteiger charge is -2.23. The van der Waals surface area contributed by atoms with Crippen LogP contribution in [-0.4, -0.2) is 39.9 Å². The monoisotopic (exact) mass is 459 g/mol. The molecule has 7 heteroatoms. The van der Waals surface area contributed by atoms with E-state index in [1.165, 1.54) is 15.9 Å². The van der Waals surface area contributed by atoms with E-state index in [0.29, 0.717) is 31.4 Å². The summed E-state index contributed by atoms with van der Waals surface area (Å²) in [5.74, 6) is 0.0499. The number of aryl methyl sites for hydroxylation is 3. The highest BCUT2D eigenvalue weighted by Crippen LogP contribution is 2.26. The predicted molar refractivity (Wildman–Crippen MR) is 138 cm³/mol. The number of hydrogen-bond donors (Lipinski definition) is 1. The van der Waals surface area contributed by atoms with Gasteiger partial charge in [0.05, 0.1) is 6.20 Å². The van der Waals surface area contributed by atoms with Crippen LogP contribution in [0.5, 0.6) is 0 Å². The fourth-order valence-electron chi connectivity index (χ4n) is 4.55. The molecule has 0 bridgehead atoms. The number of fused-ring (bicyclic) bond motifs is 3. The van der Waals surface area contributed by atoms with Crippen LogP contribution in [0.15, 0.2) is 59.5 Å². The highest BCUT2D eigenvalue weighted by molar-refractivity contribution is 6.07.